The summed E-state index contributed by atoms with van der Waals surface area (Å²) in [5, 5.41) is 12.0. The lowest BCUT2D eigenvalue weighted by molar-refractivity contribution is 0.525. The Hall–Kier alpha value is -2.13. The molecule has 0 bridgehead atoms. The minimum absolute atomic E-state index is 0.198. The van der Waals surface area contributed by atoms with Crippen molar-refractivity contribution in [2.45, 2.75) is 25.8 Å². The van der Waals surface area contributed by atoms with Crippen LogP contribution in [0.5, 0.6) is 0 Å². The SMILES string of the molecule is Cc1nnc(-c2nc3sc([C@H]4CCCN4)nc3c(=O)n2C)o1. The van der Waals surface area contributed by atoms with Gasteiger partial charge in [0.2, 0.25) is 11.7 Å². The molecule has 1 N–H and O–H groups in total. The fourth-order valence-corrected chi connectivity index (χ4v) is 3.63. The fourth-order valence-electron chi connectivity index (χ4n) is 2.59. The van der Waals surface area contributed by atoms with Crippen LogP contribution in [0.1, 0.15) is 29.8 Å². The molecule has 1 fully saturated rings. The van der Waals surface area contributed by atoms with Crippen LogP contribution in [-0.2, 0) is 7.05 Å². The van der Waals surface area contributed by atoms with Crippen LogP contribution < -0.4 is 10.9 Å². The quantitative estimate of drug-likeness (QED) is 0.757. The highest BCUT2D eigenvalue weighted by molar-refractivity contribution is 7.18. The molecular formula is C13H14N6O2S. The summed E-state index contributed by atoms with van der Waals surface area (Å²) in [5.74, 6) is 1.05. The van der Waals surface area contributed by atoms with Crippen molar-refractivity contribution in [3.05, 3.63) is 21.3 Å². The van der Waals surface area contributed by atoms with Crippen LogP contribution >= 0.6 is 11.3 Å². The normalized spacial score (nSPS) is 18.4. The number of thiazole rings is 1. The van der Waals surface area contributed by atoms with E-state index < -0.39 is 0 Å². The number of hydrogen-bond donors (Lipinski definition) is 1. The molecule has 0 aliphatic carbocycles. The zero-order valence-electron chi connectivity index (χ0n) is 12.2. The molecule has 0 amide bonds. The number of nitrogens with one attached hydrogen (secondary N) is 1. The van der Waals surface area contributed by atoms with Crippen molar-refractivity contribution in [2.75, 3.05) is 6.54 Å². The topological polar surface area (TPSA) is 98.7 Å². The van der Waals surface area contributed by atoms with Crippen LogP contribution in [0.2, 0.25) is 0 Å². The zero-order valence-corrected chi connectivity index (χ0v) is 13.0. The highest BCUT2D eigenvalue weighted by Crippen LogP contribution is 2.29. The van der Waals surface area contributed by atoms with Crippen LogP contribution in [0.3, 0.4) is 0 Å². The van der Waals surface area contributed by atoms with Crippen LogP contribution in [0.15, 0.2) is 9.21 Å². The van der Waals surface area contributed by atoms with E-state index in [1.54, 1.807) is 14.0 Å². The highest BCUT2D eigenvalue weighted by Gasteiger charge is 2.23. The summed E-state index contributed by atoms with van der Waals surface area (Å²) in [5.41, 5.74) is 0.201. The minimum atomic E-state index is -0.198. The first-order valence-electron chi connectivity index (χ1n) is 7.05. The third-order valence-corrected chi connectivity index (χ3v) is 4.80. The largest absolute Gasteiger partial charge is 0.419 e. The fraction of sp³-hybridized carbons (Fsp3) is 0.462. The van der Waals surface area contributed by atoms with Gasteiger partial charge >= 0.3 is 0 Å². The zero-order chi connectivity index (χ0) is 15.3. The molecule has 114 valence electrons. The molecule has 0 saturated carbocycles. The molecule has 0 unspecified atom stereocenters. The minimum Gasteiger partial charge on any atom is -0.419 e. The summed E-state index contributed by atoms with van der Waals surface area (Å²) in [7, 11) is 1.64. The number of rotatable bonds is 2. The summed E-state index contributed by atoms with van der Waals surface area (Å²) in [4.78, 5) is 22.1. The maximum atomic E-state index is 12.5. The molecule has 1 aliphatic heterocycles. The summed E-state index contributed by atoms with van der Waals surface area (Å²) in [6.07, 6.45) is 2.16. The first-order chi connectivity index (χ1) is 10.6. The van der Waals surface area contributed by atoms with Gasteiger partial charge in [0, 0.05) is 14.0 Å². The van der Waals surface area contributed by atoms with Crippen LogP contribution in [-0.4, -0.2) is 31.3 Å². The lowest BCUT2D eigenvalue weighted by Gasteiger charge is -2.03. The van der Waals surface area contributed by atoms with Gasteiger partial charge in [-0.05, 0) is 19.4 Å². The van der Waals surface area contributed by atoms with Gasteiger partial charge in [-0.25, -0.2) is 9.97 Å². The Morgan fingerprint density at radius 1 is 1.36 bits per heavy atom. The Bertz CT molecular complexity index is 905. The molecule has 8 nitrogen and oxygen atoms in total. The summed E-state index contributed by atoms with van der Waals surface area (Å²) < 4.78 is 6.79. The Balaban J connectivity index is 1.89. The van der Waals surface area contributed by atoms with Crippen molar-refractivity contribution in [3.8, 4) is 11.7 Å². The molecule has 1 saturated heterocycles. The first-order valence-corrected chi connectivity index (χ1v) is 7.86. The molecule has 0 spiro atoms. The molecule has 1 atom stereocenters. The van der Waals surface area contributed by atoms with Gasteiger partial charge in [0.05, 0.1) is 6.04 Å². The molecule has 3 aromatic rings. The summed E-state index contributed by atoms with van der Waals surface area (Å²) in [6, 6.07) is 0.220. The van der Waals surface area contributed by atoms with Crippen molar-refractivity contribution in [3.63, 3.8) is 0 Å². The predicted molar refractivity (Wildman–Crippen MR) is 80.7 cm³/mol. The third kappa shape index (κ3) is 2.04. The molecule has 9 heteroatoms. The Morgan fingerprint density at radius 2 is 2.23 bits per heavy atom. The molecule has 4 heterocycles. The highest BCUT2D eigenvalue weighted by atomic mass is 32.1. The number of nitrogens with zero attached hydrogens (tertiary/aromatic N) is 5. The Labute approximate surface area is 129 Å². The second-order valence-corrected chi connectivity index (χ2v) is 6.29. The van der Waals surface area contributed by atoms with Crippen molar-refractivity contribution in [1.82, 2.24) is 30.0 Å². The van der Waals surface area contributed by atoms with Gasteiger partial charge in [-0.2, -0.15) is 0 Å². The van der Waals surface area contributed by atoms with Gasteiger partial charge in [-0.15, -0.1) is 10.2 Å². The molecule has 1 aliphatic rings. The first kappa shape index (κ1) is 13.5. The van der Waals surface area contributed by atoms with Crippen LogP contribution in [0.4, 0.5) is 0 Å². The standard InChI is InChI=1S/C13H14N6O2S/c1-6-17-18-10(21-6)9-16-12-8(13(20)19(9)2)15-11(22-12)7-4-3-5-14-7/h7,14H,3-5H2,1-2H3/t7-/m1/s1. The van der Waals surface area contributed by atoms with Crippen molar-refractivity contribution >= 4 is 21.7 Å². The summed E-state index contributed by atoms with van der Waals surface area (Å²) >= 11 is 1.45. The van der Waals surface area contributed by atoms with E-state index in [2.05, 4.69) is 25.5 Å². The van der Waals surface area contributed by atoms with Gasteiger partial charge in [0.25, 0.3) is 11.4 Å². The van der Waals surface area contributed by atoms with Gasteiger partial charge < -0.3 is 9.73 Å². The van der Waals surface area contributed by atoms with E-state index in [0.29, 0.717) is 22.1 Å². The van der Waals surface area contributed by atoms with Gasteiger partial charge in [0.15, 0.2) is 10.3 Å². The van der Waals surface area contributed by atoms with Crippen LogP contribution in [0.25, 0.3) is 22.1 Å². The second-order valence-electron chi connectivity index (χ2n) is 5.28. The molecule has 0 radical (unpaired) electrons. The Kier molecular flexibility index (Phi) is 3.05. The average Bonchev–Trinajstić information content (AvgIpc) is 3.21. The van der Waals surface area contributed by atoms with E-state index in [1.165, 1.54) is 15.9 Å². The monoisotopic (exact) mass is 318 g/mol. The van der Waals surface area contributed by atoms with E-state index >= 15 is 0 Å². The lowest BCUT2D eigenvalue weighted by atomic mass is 10.2. The molecule has 3 aromatic heterocycles. The second kappa shape index (κ2) is 4.96. The molecule has 4 rings (SSSR count). The van der Waals surface area contributed by atoms with E-state index in [9.17, 15) is 4.79 Å². The van der Waals surface area contributed by atoms with Gasteiger partial charge in [-0.3, -0.25) is 9.36 Å². The third-order valence-electron chi connectivity index (χ3n) is 3.73. The smallest absolute Gasteiger partial charge is 0.284 e. The van der Waals surface area contributed by atoms with Crippen molar-refractivity contribution in [2.24, 2.45) is 7.05 Å². The van der Waals surface area contributed by atoms with Crippen molar-refractivity contribution < 1.29 is 4.42 Å². The lowest BCUT2D eigenvalue weighted by Crippen LogP contribution is -2.20. The van der Waals surface area contributed by atoms with Gasteiger partial charge in [0.1, 0.15) is 5.01 Å². The number of aromatic nitrogens is 5. The number of aryl methyl sites for hydroxylation is 1. The van der Waals surface area contributed by atoms with E-state index in [1.807, 2.05) is 0 Å². The van der Waals surface area contributed by atoms with Crippen molar-refractivity contribution in [1.29, 1.82) is 0 Å². The van der Waals surface area contributed by atoms with E-state index in [-0.39, 0.29) is 17.5 Å². The van der Waals surface area contributed by atoms with Crippen LogP contribution in [0, 0.1) is 6.92 Å². The molecule has 0 aromatic carbocycles. The predicted octanol–water partition coefficient (Wildman–Crippen LogP) is 1.17. The molecular weight excluding hydrogens is 304 g/mol. The Morgan fingerprint density at radius 3 is 2.91 bits per heavy atom. The van der Waals surface area contributed by atoms with Gasteiger partial charge in [-0.1, -0.05) is 11.3 Å². The van der Waals surface area contributed by atoms with E-state index in [0.717, 1.165) is 24.4 Å². The molecule has 22 heavy (non-hydrogen) atoms. The number of hydrogen-bond acceptors (Lipinski definition) is 8. The maximum absolute atomic E-state index is 12.5. The average molecular weight is 318 g/mol. The summed E-state index contributed by atoms with van der Waals surface area (Å²) in [6.45, 7) is 2.68. The van der Waals surface area contributed by atoms with E-state index in [4.69, 9.17) is 4.42 Å². The number of fused-ring (bicyclic) bond motifs is 1. The maximum Gasteiger partial charge on any atom is 0.284 e.